The second-order valence-corrected chi connectivity index (χ2v) is 3.27. The van der Waals surface area contributed by atoms with Crippen LogP contribution in [0.3, 0.4) is 0 Å². The van der Waals surface area contributed by atoms with E-state index in [4.69, 9.17) is 0 Å². The van der Waals surface area contributed by atoms with Crippen molar-refractivity contribution in [3.8, 4) is 0 Å². The van der Waals surface area contributed by atoms with Crippen LogP contribution in [0.5, 0.6) is 0 Å². The highest BCUT2D eigenvalue weighted by atomic mass is 15.3. The average molecular weight is 196 g/mol. The number of benzene rings is 1. The first-order chi connectivity index (χ1) is 7.43. The van der Waals surface area contributed by atoms with E-state index in [0.29, 0.717) is 0 Å². The number of allylic oxidation sites excluding steroid dienone is 1. The van der Waals surface area contributed by atoms with Gasteiger partial charge in [0.1, 0.15) is 11.0 Å². The van der Waals surface area contributed by atoms with Gasteiger partial charge < -0.3 is 0 Å². The van der Waals surface area contributed by atoms with Gasteiger partial charge in [-0.25, -0.2) is 0 Å². The number of fused-ring (bicyclic) bond motifs is 2. The average Bonchev–Trinajstić information content (AvgIpc) is 2.64. The summed E-state index contributed by atoms with van der Waals surface area (Å²) < 4.78 is 0. The Morgan fingerprint density at radius 2 is 1.67 bits per heavy atom. The molecule has 1 aliphatic rings. The number of nitrogens with one attached hydrogen (secondary N) is 1. The molecule has 0 aliphatic carbocycles. The van der Waals surface area contributed by atoms with Crippen LogP contribution in [0, 0.1) is 0 Å². The molecule has 0 spiro atoms. The smallest absolute Gasteiger partial charge is 0.113 e. The van der Waals surface area contributed by atoms with Gasteiger partial charge in [-0.1, -0.05) is 6.08 Å². The third-order valence-corrected chi connectivity index (χ3v) is 2.31. The zero-order valence-electron chi connectivity index (χ0n) is 7.88. The molecule has 0 amide bonds. The van der Waals surface area contributed by atoms with Gasteiger partial charge in [-0.05, 0) is 35.4 Å². The summed E-state index contributed by atoms with van der Waals surface area (Å²) in [6.07, 6.45) is 9.41. The standard InChI is InChI=1S/C11H8N4/c1-2-8-6-10-11(14-15-13-10)7-9(8)3-5-12-4-1/h1-7H,(H,13,14,15)/b2-1?,4-1?,5-3-,8-2?,9-3?,12-4?,12-5?. The highest BCUT2D eigenvalue weighted by Crippen LogP contribution is 2.20. The molecule has 0 saturated carbocycles. The normalized spacial score (nSPS) is 16.0. The van der Waals surface area contributed by atoms with Gasteiger partial charge >= 0.3 is 0 Å². The van der Waals surface area contributed by atoms with Gasteiger partial charge in [-0.2, -0.15) is 15.4 Å². The van der Waals surface area contributed by atoms with Crippen LogP contribution in [-0.4, -0.2) is 21.6 Å². The molecular weight excluding hydrogens is 188 g/mol. The second-order valence-electron chi connectivity index (χ2n) is 3.27. The van der Waals surface area contributed by atoms with E-state index < -0.39 is 0 Å². The van der Waals surface area contributed by atoms with Crippen LogP contribution in [0.15, 0.2) is 29.4 Å². The Morgan fingerprint density at radius 3 is 2.47 bits per heavy atom. The summed E-state index contributed by atoms with van der Waals surface area (Å²) in [5.41, 5.74) is 3.98. The van der Waals surface area contributed by atoms with Gasteiger partial charge in [0.25, 0.3) is 0 Å². The van der Waals surface area contributed by atoms with Crippen molar-refractivity contribution >= 4 is 29.4 Å². The molecule has 2 heterocycles. The predicted molar refractivity (Wildman–Crippen MR) is 60.4 cm³/mol. The number of hydrogen-bond acceptors (Lipinski definition) is 3. The molecule has 0 saturated heterocycles. The molecule has 0 radical (unpaired) electrons. The summed E-state index contributed by atoms with van der Waals surface area (Å²) in [6, 6.07) is 4.00. The molecule has 0 bridgehead atoms. The van der Waals surface area contributed by atoms with Crippen LogP contribution in [0.25, 0.3) is 23.2 Å². The lowest BCUT2D eigenvalue weighted by molar-refractivity contribution is 0.959. The lowest BCUT2D eigenvalue weighted by Crippen LogP contribution is -1.84. The van der Waals surface area contributed by atoms with Crippen molar-refractivity contribution in [2.45, 2.75) is 0 Å². The van der Waals surface area contributed by atoms with Crippen molar-refractivity contribution in [2.75, 3.05) is 0 Å². The minimum Gasteiger partial charge on any atom is -0.265 e. The molecule has 1 aromatic heterocycles. The van der Waals surface area contributed by atoms with Crippen molar-refractivity contribution in [3.63, 3.8) is 0 Å². The highest BCUT2D eigenvalue weighted by molar-refractivity contribution is 5.87. The number of nitrogens with zero attached hydrogens (tertiary/aromatic N) is 3. The van der Waals surface area contributed by atoms with Crippen LogP contribution in [-0.2, 0) is 0 Å². The minimum atomic E-state index is 0.872. The highest BCUT2D eigenvalue weighted by Gasteiger charge is 2.03. The lowest BCUT2D eigenvalue weighted by atomic mass is 10.1. The Bertz CT molecular complexity index is 540. The van der Waals surface area contributed by atoms with Gasteiger partial charge in [-0.3, -0.25) is 4.99 Å². The fraction of sp³-hybridized carbons (Fsp3) is 0. The predicted octanol–water partition coefficient (Wildman–Crippen LogP) is 2.03. The molecule has 0 unspecified atom stereocenters. The second kappa shape index (κ2) is 3.16. The van der Waals surface area contributed by atoms with Crippen molar-refractivity contribution < 1.29 is 0 Å². The number of rotatable bonds is 0. The summed E-state index contributed by atoms with van der Waals surface area (Å²) in [4.78, 5) is 4.06. The molecule has 2 aromatic rings. The van der Waals surface area contributed by atoms with E-state index >= 15 is 0 Å². The van der Waals surface area contributed by atoms with Crippen LogP contribution in [0.1, 0.15) is 11.1 Å². The minimum absolute atomic E-state index is 0.872. The van der Waals surface area contributed by atoms with Gasteiger partial charge in [0.15, 0.2) is 0 Å². The Hall–Kier alpha value is -2.23. The molecule has 1 aromatic carbocycles. The first-order valence-corrected chi connectivity index (χ1v) is 4.64. The Kier molecular flexibility index (Phi) is 1.71. The number of H-pyrrole nitrogens is 1. The first kappa shape index (κ1) is 8.11. The van der Waals surface area contributed by atoms with Gasteiger partial charge in [0.2, 0.25) is 0 Å². The summed E-state index contributed by atoms with van der Waals surface area (Å²) in [5.74, 6) is 0. The van der Waals surface area contributed by atoms with Gasteiger partial charge in [-0.15, -0.1) is 0 Å². The molecule has 15 heavy (non-hydrogen) atoms. The molecule has 0 atom stereocenters. The largest absolute Gasteiger partial charge is 0.265 e. The monoisotopic (exact) mass is 196 g/mol. The Morgan fingerprint density at radius 1 is 0.933 bits per heavy atom. The maximum Gasteiger partial charge on any atom is 0.113 e. The Labute approximate surface area is 86.0 Å². The molecule has 72 valence electrons. The van der Waals surface area contributed by atoms with E-state index in [0.717, 1.165) is 22.2 Å². The van der Waals surface area contributed by atoms with Crippen LogP contribution in [0.2, 0.25) is 0 Å². The topological polar surface area (TPSA) is 53.9 Å². The van der Waals surface area contributed by atoms with Crippen molar-refractivity contribution in [3.05, 3.63) is 35.5 Å². The van der Waals surface area contributed by atoms with Crippen LogP contribution >= 0.6 is 0 Å². The molecule has 3 rings (SSSR count). The number of aromatic nitrogens is 3. The molecular formula is C11H8N4. The molecule has 1 N–H and O–H groups in total. The third kappa shape index (κ3) is 1.36. The van der Waals surface area contributed by atoms with E-state index in [1.807, 2.05) is 30.4 Å². The zero-order chi connectivity index (χ0) is 10.1. The molecule has 1 aliphatic heterocycles. The summed E-state index contributed by atoms with van der Waals surface area (Å²) in [7, 11) is 0. The van der Waals surface area contributed by atoms with E-state index in [1.165, 1.54) is 0 Å². The number of hydrogen-bond donors (Lipinski definition) is 1. The molecule has 4 heteroatoms. The third-order valence-electron chi connectivity index (χ3n) is 2.31. The van der Waals surface area contributed by atoms with Crippen LogP contribution in [0.4, 0.5) is 0 Å². The SMILES string of the molecule is C1=Cc2cc3n[nH]nc3cc2/C=C\N=C1. The van der Waals surface area contributed by atoms with E-state index in [2.05, 4.69) is 20.4 Å². The number of aliphatic imine (C=N–C) groups is 1. The fourth-order valence-electron chi connectivity index (χ4n) is 1.58. The summed E-state index contributed by atoms with van der Waals surface area (Å²) in [6.45, 7) is 0. The molecule has 4 nitrogen and oxygen atoms in total. The number of aromatic amines is 1. The first-order valence-electron chi connectivity index (χ1n) is 4.64. The summed E-state index contributed by atoms with van der Waals surface area (Å²) >= 11 is 0. The van der Waals surface area contributed by atoms with E-state index in [1.54, 1.807) is 12.4 Å². The fourth-order valence-corrected chi connectivity index (χ4v) is 1.58. The maximum atomic E-state index is 4.06. The quantitative estimate of drug-likeness (QED) is 0.700. The van der Waals surface area contributed by atoms with E-state index in [9.17, 15) is 0 Å². The van der Waals surface area contributed by atoms with E-state index in [-0.39, 0.29) is 0 Å². The summed E-state index contributed by atoms with van der Waals surface area (Å²) in [5, 5.41) is 10.7. The van der Waals surface area contributed by atoms with Crippen LogP contribution < -0.4 is 0 Å². The van der Waals surface area contributed by atoms with Gasteiger partial charge in [0.05, 0.1) is 0 Å². The van der Waals surface area contributed by atoms with Crippen molar-refractivity contribution in [1.82, 2.24) is 15.4 Å². The van der Waals surface area contributed by atoms with Gasteiger partial charge in [0, 0.05) is 12.4 Å². The zero-order valence-corrected chi connectivity index (χ0v) is 7.88. The van der Waals surface area contributed by atoms with Crippen molar-refractivity contribution in [2.24, 2.45) is 4.99 Å². The van der Waals surface area contributed by atoms with Crippen molar-refractivity contribution in [1.29, 1.82) is 0 Å². The molecule has 0 fully saturated rings. The lowest BCUT2D eigenvalue weighted by Gasteiger charge is -2.01. The Balaban J connectivity index is 2.31. The maximum absolute atomic E-state index is 4.06.